The van der Waals surface area contributed by atoms with Crippen LogP contribution in [-0.2, 0) is 0 Å². The maximum atomic E-state index is 6.07. The summed E-state index contributed by atoms with van der Waals surface area (Å²) in [5.74, 6) is 0.788. The van der Waals surface area contributed by atoms with Crippen LogP contribution in [0.25, 0.3) is 0 Å². The minimum Gasteiger partial charge on any atom is -0.329 e. The third-order valence-electron chi connectivity index (χ3n) is 4.32. The van der Waals surface area contributed by atoms with E-state index in [1.54, 1.807) is 0 Å². The van der Waals surface area contributed by atoms with Crippen LogP contribution in [-0.4, -0.2) is 30.1 Å². The van der Waals surface area contributed by atoms with Gasteiger partial charge in [-0.15, -0.1) is 0 Å². The summed E-state index contributed by atoms with van der Waals surface area (Å²) < 4.78 is 0. The van der Waals surface area contributed by atoms with Gasteiger partial charge in [-0.2, -0.15) is 0 Å². The molecule has 0 spiro atoms. The Balaban J connectivity index is 2.54. The molecule has 0 aliphatic carbocycles. The Morgan fingerprint density at radius 1 is 1.06 bits per heavy atom. The second kappa shape index (κ2) is 7.38. The van der Waals surface area contributed by atoms with Gasteiger partial charge < -0.3 is 5.73 Å². The Kier molecular flexibility index (Phi) is 6.50. The van der Waals surface area contributed by atoms with Crippen molar-refractivity contribution in [3.05, 3.63) is 0 Å². The van der Waals surface area contributed by atoms with Gasteiger partial charge in [0.05, 0.1) is 0 Å². The van der Waals surface area contributed by atoms with E-state index in [-0.39, 0.29) is 5.54 Å². The molecule has 0 aromatic carbocycles. The van der Waals surface area contributed by atoms with Gasteiger partial charge in [0, 0.05) is 12.1 Å². The van der Waals surface area contributed by atoms with Crippen LogP contribution in [0.2, 0.25) is 0 Å². The zero-order valence-corrected chi connectivity index (χ0v) is 12.2. The average Bonchev–Trinajstić information content (AvgIpc) is 2.25. The van der Waals surface area contributed by atoms with Crippen molar-refractivity contribution in [2.24, 2.45) is 11.7 Å². The third-order valence-corrected chi connectivity index (χ3v) is 4.32. The summed E-state index contributed by atoms with van der Waals surface area (Å²) in [4.78, 5) is 2.68. The molecular formula is C15H32N2. The molecule has 102 valence electrons. The Hall–Kier alpha value is -0.0800. The molecule has 2 heteroatoms. The maximum Gasteiger partial charge on any atom is 0.0303 e. The third kappa shape index (κ3) is 4.97. The smallest absolute Gasteiger partial charge is 0.0303 e. The van der Waals surface area contributed by atoms with E-state index < -0.39 is 0 Å². The Bertz CT molecular complexity index is 195. The average molecular weight is 240 g/mol. The van der Waals surface area contributed by atoms with Crippen molar-refractivity contribution in [1.29, 1.82) is 0 Å². The number of likely N-dealkylation sites (tertiary alicyclic amines) is 1. The van der Waals surface area contributed by atoms with E-state index in [0.717, 1.165) is 12.5 Å². The highest BCUT2D eigenvalue weighted by Gasteiger charge is 2.30. The van der Waals surface area contributed by atoms with E-state index in [2.05, 4.69) is 25.7 Å². The van der Waals surface area contributed by atoms with Crippen molar-refractivity contribution in [2.45, 2.75) is 71.3 Å². The van der Waals surface area contributed by atoms with Crippen LogP contribution in [0.5, 0.6) is 0 Å². The zero-order chi connectivity index (χ0) is 12.7. The zero-order valence-electron chi connectivity index (χ0n) is 12.2. The van der Waals surface area contributed by atoms with Gasteiger partial charge in [0.25, 0.3) is 0 Å². The van der Waals surface area contributed by atoms with Crippen LogP contribution in [0.3, 0.4) is 0 Å². The number of nitrogens with zero attached hydrogens (tertiary/aromatic N) is 1. The van der Waals surface area contributed by atoms with Crippen molar-refractivity contribution < 1.29 is 0 Å². The topological polar surface area (TPSA) is 29.3 Å². The Morgan fingerprint density at radius 2 is 1.59 bits per heavy atom. The van der Waals surface area contributed by atoms with Gasteiger partial charge in [-0.05, 0) is 51.6 Å². The molecule has 1 aliphatic heterocycles. The fraction of sp³-hybridized carbons (Fsp3) is 1.00. The molecule has 1 atom stereocenters. The molecular weight excluding hydrogens is 208 g/mol. The Morgan fingerprint density at radius 3 is 2.06 bits per heavy atom. The first kappa shape index (κ1) is 15.0. The summed E-state index contributed by atoms with van der Waals surface area (Å²) in [6.07, 6.45) is 9.50. The summed E-state index contributed by atoms with van der Waals surface area (Å²) in [5.41, 5.74) is 6.31. The fourth-order valence-corrected chi connectivity index (χ4v) is 2.78. The molecule has 2 N–H and O–H groups in total. The molecule has 0 amide bonds. The van der Waals surface area contributed by atoms with Crippen molar-refractivity contribution >= 4 is 0 Å². The number of hydrogen-bond donors (Lipinski definition) is 1. The van der Waals surface area contributed by atoms with Gasteiger partial charge in [-0.1, -0.05) is 33.1 Å². The van der Waals surface area contributed by atoms with E-state index >= 15 is 0 Å². The first-order valence-corrected chi connectivity index (χ1v) is 7.53. The molecule has 1 heterocycles. The van der Waals surface area contributed by atoms with Gasteiger partial charge >= 0.3 is 0 Å². The van der Waals surface area contributed by atoms with Crippen LogP contribution in [0.1, 0.15) is 65.7 Å². The quantitative estimate of drug-likeness (QED) is 0.798. The van der Waals surface area contributed by atoms with Gasteiger partial charge in [0.2, 0.25) is 0 Å². The molecule has 1 aliphatic rings. The lowest BCUT2D eigenvalue weighted by Gasteiger charge is -2.42. The monoisotopic (exact) mass is 240 g/mol. The van der Waals surface area contributed by atoms with E-state index in [1.807, 2.05) is 0 Å². The van der Waals surface area contributed by atoms with E-state index in [4.69, 9.17) is 5.73 Å². The van der Waals surface area contributed by atoms with Crippen LogP contribution in [0.4, 0.5) is 0 Å². The van der Waals surface area contributed by atoms with Crippen molar-refractivity contribution in [3.63, 3.8) is 0 Å². The summed E-state index contributed by atoms with van der Waals surface area (Å²) in [7, 11) is 0. The molecule has 1 saturated heterocycles. The predicted molar refractivity (Wildman–Crippen MR) is 76.2 cm³/mol. The van der Waals surface area contributed by atoms with Crippen LogP contribution < -0.4 is 5.73 Å². The minimum atomic E-state index is 0.238. The molecule has 1 unspecified atom stereocenters. The maximum absolute atomic E-state index is 6.07. The van der Waals surface area contributed by atoms with Gasteiger partial charge in [-0.25, -0.2) is 0 Å². The minimum absolute atomic E-state index is 0.238. The van der Waals surface area contributed by atoms with Crippen LogP contribution in [0, 0.1) is 5.92 Å². The molecule has 1 fully saturated rings. The summed E-state index contributed by atoms with van der Waals surface area (Å²) in [5, 5.41) is 0. The highest BCUT2D eigenvalue weighted by Crippen LogP contribution is 2.25. The standard InChI is InChI=1S/C15H32N2/c1-14(2)9-10-15(3,13-16)17-11-7-5-4-6-8-12-17/h14H,4-13,16H2,1-3H3. The number of hydrogen-bond acceptors (Lipinski definition) is 2. The second-order valence-corrected chi connectivity index (χ2v) is 6.39. The van der Waals surface area contributed by atoms with Gasteiger partial charge in [-0.3, -0.25) is 4.90 Å². The van der Waals surface area contributed by atoms with Crippen LogP contribution >= 0.6 is 0 Å². The lowest BCUT2D eigenvalue weighted by atomic mass is 9.89. The molecule has 2 nitrogen and oxygen atoms in total. The molecule has 0 saturated carbocycles. The summed E-state index contributed by atoms with van der Waals surface area (Å²) in [6, 6.07) is 0. The second-order valence-electron chi connectivity index (χ2n) is 6.39. The van der Waals surface area contributed by atoms with Gasteiger partial charge in [0.15, 0.2) is 0 Å². The molecule has 1 rings (SSSR count). The highest BCUT2D eigenvalue weighted by molar-refractivity contribution is 4.88. The summed E-state index contributed by atoms with van der Waals surface area (Å²) >= 11 is 0. The van der Waals surface area contributed by atoms with E-state index in [0.29, 0.717) is 0 Å². The Labute approximate surface area is 108 Å². The molecule has 0 aromatic heterocycles. The van der Waals surface area contributed by atoms with Crippen molar-refractivity contribution in [1.82, 2.24) is 4.90 Å². The fourth-order valence-electron chi connectivity index (χ4n) is 2.78. The predicted octanol–water partition coefficient (Wildman–Crippen LogP) is 3.41. The normalized spacial score (nSPS) is 23.1. The van der Waals surface area contributed by atoms with Gasteiger partial charge in [0.1, 0.15) is 0 Å². The molecule has 0 aromatic rings. The molecule has 0 bridgehead atoms. The first-order valence-electron chi connectivity index (χ1n) is 7.53. The van der Waals surface area contributed by atoms with Crippen molar-refractivity contribution in [3.8, 4) is 0 Å². The number of nitrogens with two attached hydrogens (primary N) is 1. The first-order chi connectivity index (χ1) is 8.08. The number of rotatable bonds is 5. The lowest BCUT2D eigenvalue weighted by Crippen LogP contribution is -2.52. The molecule has 17 heavy (non-hydrogen) atoms. The SMILES string of the molecule is CC(C)CCC(C)(CN)N1CCCCCCC1. The van der Waals surface area contributed by atoms with Crippen molar-refractivity contribution in [2.75, 3.05) is 19.6 Å². The van der Waals surface area contributed by atoms with E-state index in [9.17, 15) is 0 Å². The largest absolute Gasteiger partial charge is 0.329 e. The van der Waals surface area contributed by atoms with E-state index in [1.165, 1.54) is 58.0 Å². The summed E-state index contributed by atoms with van der Waals surface area (Å²) in [6.45, 7) is 10.3. The molecule has 0 radical (unpaired) electrons. The van der Waals surface area contributed by atoms with Crippen LogP contribution in [0.15, 0.2) is 0 Å². The highest BCUT2D eigenvalue weighted by atomic mass is 15.2. The lowest BCUT2D eigenvalue weighted by molar-refractivity contribution is 0.0859.